The van der Waals surface area contributed by atoms with E-state index in [1.165, 1.54) is 16.4 Å². The lowest BCUT2D eigenvalue weighted by molar-refractivity contribution is -0.117. The molecule has 0 aliphatic carbocycles. The van der Waals surface area contributed by atoms with Crippen molar-refractivity contribution < 1.29 is 17.6 Å². The highest BCUT2D eigenvalue weighted by Gasteiger charge is 2.31. The average Bonchev–Trinajstić information content (AvgIpc) is 3.20. The molecule has 1 aromatic heterocycles. The van der Waals surface area contributed by atoms with Crippen LogP contribution in [0, 0.1) is 5.82 Å². The lowest BCUT2D eigenvalue weighted by Gasteiger charge is -2.20. The summed E-state index contributed by atoms with van der Waals surface area (Å²) in [6, 6.07) is 12.8. The zero-order chi connectivity index (χ0) is 21.8. The minimum absolute atomic E-state index is 0.0449. The number of carbonyl (C=O) groups excluding carboxylic acids is 1. The van der Waals surface area contributed by atoms with Crippen molar-refractivity contribution in [1.29, 1.82) is 0 Å². The van der Waals surface area contributed by atoms with Crippen LogP contribution in [0.4, 0.5) is 10.1 Å². The molecule has 9 heteroatoms. The van der Waals surface area contributed by atoms with E-state index in [2.05, 4.69) is 5.10 Å². The Morgan fingerprint density at radius 2 is 1.81 bits per heavy atom. The molecule has 2 aliphatic rings. The summed E-state index contributed by atoms with van der Waals surface area (Å²) in [6.07, 6.45) is 0.839. The van der Waals surface area contributed by atoms with E-state index in [4.69, 9.17) is 0 Å². The maximum Gasteiger partial charge on any atom is 0.243 e. The van der Waals surface area contributed by atoms with Crippen LogP contribution in [0.15, 0.2) is 53.4 Å². The Labute approximate surface area is 179 Å². The van der Waals surface area contributed by atoms with E-state index in [-0.39, 0.29) is 29.6 Å². The number of hydrogen-bond acceptors (Lipinski definition) is 4. The molecule has 0 fully saturated rings. The first-order chi connectivity index (χ1) is 14.8. The van der Waals surface area contributed by atoms with Crippen LogP contribution in [-0.2, 0) is 34.3 Å². The summed E-state index contributed by atoms with van der Waals surface area (Å²) in [5.41, 5.74) is 3.74. The lowest BCUT2D eigenvalue weighted by Crippen LogP contribution is -2.31. The van der Waals surface area contributed by atoms with Gasteiger partial charge in [-0.05, 0) is 60.5 Å². The first-order valence-electron chi connectivity index (χ1n) is 10.1. The molecule has 1 amide bonds. The van der Waals surface area contributed by atoms with Crippen molar-refractivity contribution in [1.82, 2.24) is 14.1 Å². The Balaban J connectivity index is 1.45. The quantitative estimate of drug-likeness (QED) is 0.628. The smallest absolute Gasteiger partial charge is 0.243 e. The Morgan fingerprint density at radius 1 is 1.03 bits per heavy atom. The molecular weight excluding hydrogens is 419 g/mol. The molecule has 0 bridgehead atoms. The monoisotopic (exact) mass is 440 g/mol. The molecule has 0 saturated heterocycles. The molecule has 7 nitrogen and oxygen atoms in total. The van der Waals surface area contributed by atoms with E-state index in [0.717, 1.165) is 22.5 Å². The lowest BCUT2D eigenvalue weighted by atomic mass is 10.1. The number of rotatable bonds is 3. The van der Waals surface area contributed by atoms with Gasteiger partial charge in [0, 0.05) is 31.4 Å². The summed E-state index contributed by atoms with van der Waals surface area (Å²) in [6.45, 7) is 1.19. The highest BCUT2D eigenvalue weighted by Crippen LogP contribution is 2.32. The number of carbonyl (C=O) groups is 1. The summed E-state index contributed by atoms with van der Waals surface area (Å²) < 4.78 is 43.3. The summed E-state index contributed by atoms with van der Waals surface area (Å²) >= 11 is 0. The zero-order valence-corrected chi connectivity index (χ0v) is 17.8. The van der Waals surface area contributed by atoms with Crippen molar-refractivity contribution in [3.63, 3.8) is 0 Å². The molecule has 5 rings (SSSR count). The molecule has 160 valence electrons. The number of likely N-dealkylation sites (N-methyl/N-ethyl adjacent to an activating group) is 1. The molecule has 31 heavy (non-hydrogen) atoms. The summed E-state index contributed by atoms with van der Waals surface area (Å²) in [5.74, 6) is -0.361. The fourth-order valence-corrected chi connectivity index (χ4v) is 5.66. The molecule has 0 atom stereocenters. The van der Waals surface area contributed by atoms with E-state index in [9.17, 15) is 17.6 Å². The highest BCUT2D eigenvalue weighted by atomic mass is 32.2. The van der Waals surface area contributed by atoms with Crippen molar-refractivity contribution in [2.24, 2.45) is 0 Å². The molecule has 2 aliphatic heterocycles. The predicted molar refractivity (Wildman–Crippen MR) is 113 cm³/mol. The molecule has 0 saturated carbocycles. The van der Waals surface area contributed by atoms with E-state index in [0.29, 0.717) is 25.2 Å². The zero-order valence-electron chi connectivity index (χ0n) is 17.0. The van der Waals surface area contributed by atoms with E-state index in [1.807, 2.05) is 10.7 Å². The second-order valence-corrected chi connectivity index (χ2v) is 9.80. The number of halogens is 1. The van der Waals surface area contributed by atoms with Gasteiger partial charge in [0.05, 0.1) is 29.2 Å². The fourth-order valence-electron chi connectivity index (χ4n) is 4.16. The molecule has 0 unspecified atom stereocenters. The summed E-state index contributed by atoms with van der Waals surface area (Å²) in [4.78, 5) is 13.7. The van der Waals surface area contributed by atoms with Gasteiger partial charge in [-0.3, -0.25) is 9.48 Å². The number of benzene rings is 2. The largest absolute Gasteiger partial charge is 0.315 e. The maximum absolute atomic E-state index is 13.4. The van der Waals surface area contributed by atoms with Gasteiger partial charge >= 0.3 is 0 Å². The van der Waals surface area contributed by atoms with E-state index >= 15 is 0 Å². The minimum atomic E-state index is -3.73. The molecule has 2 aromatic carbocycles. The van der Waals surface area contributed by atoms with E-state index in [1.54, 1.807) is 42.3 Å². The van der Waals surface area contributed by atoms with Crippen LogP contribution in [0.2, 0.25) is 0 Å². The van der Waals surface area contributed by atoms with Crippen LogP contribution in [0.1, 0.15) is 17.7 Å². The van der Waals surface area contributed by atoms with Gasteiger partial charge in [-0.25, -0.2) is 12.8 Å². The van der Waals surface area contributed by atoms with Gasteiger partial charge in [0.2, 0.25) is 15.9 Å². The Hall–Kier alpha value is -3.04. The van der Waals surface area contributed by atoms with Gasteiger partial charge in [-0.15, -0.1) is 0 Å². The number of anilines is 1. The Kier molecular flexibility index (Phi) is 4.67. The third-order valence-electron chi connectivity index (χ3n) is 5.88. The highest BCUT2D eigenvalue weighted by molar-refractivity contribution is 7.89. The van der Waals surface area contributed by atoms with Gasteiger partial charge in [0.1, 0.15) is 5.82 Å². The number of aromatic nitrogens is 2. The van der Waals surface area contributed by atoms with Crippen LogP contribution in [0.5, 0.6) is 0 Å². The van der Waals surface area contributed by atoms with Crippen molar-refractivity contribution in [2.75, 3.05) is 18.5 Å². The third kappa shape index (κ3) is 3.43. The molecule has 3 aromatic rings. The van der Waals surface area contributed by atoms with Gasteiger partial charge in [0.25, 0.3) is 0 Å². The standard InChI is InChI=1S/C22H21FN4O3S/c1-25-21-8-7-19(11-16(21)12-22(25)28)31(29,30)26-9-2-10-27-18(14-26)13-20(24-27)15-3-5-17(23)6-4-15/h3-8,11,13H,2,9-10,12,14H2,1H3. The summed E-state index contributed by atoms with van der Waals surface area (Å²) in [7, 11) is -2.04. The topological polar surface area (TPSA) is 75.5 Å². The second kappa shape index (κ2) is 7.28. The summed E-state index contributed by atoms with van der Waals surface area (Å²) in [5, 5.41) is 4.59. The number of hydrogen-bond donors (Lipinski definition) is 0. The van der Waals surface area contributed by atoms with Crippen molar-refractivity contribution in [2.45, 2.75) is 30.8 Å². The third-order valence-corrected chi connectivity index (χ3v) is 7.73. The van der Waals surface area contributed by atoms with E-state index < -0.39 is 10.0 Å². The molecule has 0 N–H and O–H groups in total. The Bertz CT molecular complexity index is 1280. The molecule has 3 heterocycles. The van der Waals surface area contributed by atoms with Gasteiger partial charge in [-0.1, -0.05) is 0 Å². The predicted octanol–water partition coefficient (Wildman–Crippen LogP) is 2.80. The van der Waals surface area contributed by atoms with Crippen LogP contribution >= 0.6 is 0 Å². The van der Waals surface area contributed by atoms with Gasteiger partial charge < -0.3 is 4.90 Å². The fraction of sp³-hybridized carbons (Fsp3) is 0.273. The molecule has 0 spiro atoms. The second-order valence-electron chi connectivity index (χ2n) is 7.86. The number of sulfonamides is 1. The molecular formula is C22H21FN4O3S. The normalized spacial score (nSPS) is 16.8. The first kappa shape index (κ1) is 19.9. The van der Waals surface area contributed by atoms with Crippen LogP contribution in [-0.4, -0.2) is 42.0 Å². The maximum atomic E-state index is 13.4. The minimum Gasteiger partial charge on any atom is -0.315 e. The van der Waals surface area contributed by atoms with Crippen molar-refractivity contribution >= 4 is 21.6 Å². The molecule has 0 radical (unpaired) electrons. The Morgan fingerprint density at radius 3 is 2.58 bits per heavy atom. The van der Waals surface area contributed by atoms with Gasteiger partial charge in [0.15, 0.2) is 0 Å². The number of fused-ring (bicyclic) bond motifs is 2. The number of aryl methyl sites for hydroxylation is 1. The van der Waals surface area contributed by atoms with Crippen molar-refractivity contribution in [3.05, 3.63) is 65.6 Å². The van der Waals surface area contributed by atoms with Gasteiger partial charge in [-0.2, -0.15) is 9.40 Å². The van der Waals surface area contributed by atoms with Crippen LogP contribution < -0.4 is 4.90 Å². The van der Waals surface area contributed by atoms with Crippen LogP contribution in [0.25, 0.3) is 11.3 Å². The first-order valence-corrected chi connectivity index (χ1v) is 11.5. The SMILES string of the molecule is CN1C(=O)Cc2cc(S(=O)(=O)N3CCCn4nc(-c5ccc(F)cc5)cc4C3)ccc21. The average molecular weight is 441 g/mol. The van der Waals surface area contributed by atoms with Crippen LogP contribution in [0.3, 0.4) is 0 Å². The number of amides is 1. The van der Waals surface area contributed by atoms with Crippen molar-refractivity contribution in [3.8, 4) is 11.3 Å². The number of nitrogens with zero attached hydrogens (tertiary/aromatic N) is 4.